The number of hydrogen-bond acceptors (Lipinski definition) is 5. The van der Waals surface area contributed by atoms with Crippen molar-refractivity contribution in [3.8, 4) is 0 Å². The molecular weight excluding hydrogens is 478 g/mol. The molecule has 1 aliphatic carbocycles. The lowest BCUT2D eigenvalue weighted by Crippen LogP contribution is -2.40. The number of aliphatic hydroxyl groups is 1. The van der Waals surface area contributed by atoms with Gasteiger partial charge in [-0.05, 0) is 67.9 Å². The molecular formula is C28H34ClN3O4. The minimum atomic E-state index is -0.955. The maximum absolute atomic E-state index is 11.8. The van der Waals surface area contributed by atoms with Crippen molar-refractivity contribution in [2.45, 2.75) is 70.4 Å². The smallest absolute Gasteiger partial charge is 0.306 e. The number of halogens is 1. The Kier molecular flexibility index (Phi) is 7.35. The molecule has 0 saturated heterocycles. The summed E-state index contributed by atoms with van der Waals surface area (Å²) in [5.41, 5.74) is 5.43. The second-order valence-corrected chi connectivity index (χ2v) is 10.6. The van der Waals surface area contributed by atoms with Crippen molar-refractivity contribution >= 4 is 28.6 Å². The summed E-state index contributed by atoms with van der Waals surface area (Å²) in [6.07, 6.45) is 3.75. The fraction of sp³-hybridized carbons (Fsp3) is 0.500. The molecule has 1 fully saturated rings. The molecule has 0 bridgehead atoms. The van der Waals surface area contributed by atoms with Crippen LogP contribution in [0.4, 0.5) is 0 Å². The second kappa shape index (κ2) is 10.5. The third kappa shape index (κ3) is 4.77. The molecule has 192 valence electrons. The van der Waals surface area contributed by atoms with Crippen LogP contribution in [-0.4, -0.2) is 50.7 Å². The highest BCUT2D eigenvalue weighted by atomic mass is 35.5. The van der Waals surface area contributed by atoms with Gasteiger partial charge in [0.1, 0.15) is 5.82 Å². The largest absolute Gasteiger partial charge is 0.481 e. The van der Waals surface area contributed by atoms with E-state index >= 15 is 0 Å². The number of ether oxygens (including phenoxy) is 1. The van der Waals surface area contributed by atoms with Crippen molar-refractivity contribution in [1.82, 2.24) is 14.5 Å². The van der Waals surface area contributed by atoms with Gasteiger partial charge in [0.2, 0.25) is 6.41 Å². The predicted octanol–water partition coefficient (Wildman–Crippen LogP) is 5.13. The molecule has 2 heterocycles. The van der Waals surface area contributed by atoms with Crippen LogP contribution in [0.3, 0.4) is 0 Å². The fourth-order valence-electron chi connectivity index (χ4n) is 6.04. The van der Waals surface area contributed by atoms with Gasteiger partial charge < -0.3 is 19.5 Å². The van der Waals surface area contributed by atoms with E-state index in [1.54, 1.807) is 0 Å². The summed E-state index contributed by atoms with van der Waals surface area (Å²) in [5, 5.41) is 20.8. The normalized spacial score (nSPS) is 22.3. The minimum Gasteiger partial charge on any atom is -0.481 e. The third-order valence-electron chi connectivity index (χ3n) is 7.95. The Balaban J connectivity index is 1.60. The summed E-state index contributed by atoms with van der Waals surface area (Å²) in [5.74, 6) is -0.000588. The highest BCUT2D eigenvalue weighted by molar-refractivity contribution is 6.31. The van der Waals surface area contributed by atoms with E-state index in [1.807, 2.05) is 23.1 Å². The van der Waals surface area contributed by atoms with Crippen molar-refractivity contribution in [2.24, 2.45) is 5.92 Å². The van der Waals surface area contributed by atoms with Crippen LogP contribution in [-0.2, 0) is 28.9 Å². The van der Waals surface area contributed by atoms with Crippen molar-refractivity contribution in [1.29, 1.82) is 0 Å². The Labute approximate surface area is 216 Å². The molecule has 2 N–H and O–H groups in total. The number of benzene rings is 2. The van der Waals surface area contributed by atoms with Crippen LogP contribution in [0.25, 0.3) is 11.0 Å². The van der Waals surface area contributed by atoms with Gasteiger partial charge in [0, 0.05) is 37.2 Å². The fourth-order valence-corrected chi connectivity index (χ4v) is 6.26. The number of aliphatic hydroxyl groups excluding tert-OH is 1. The van der Waals surface area contributed by atoms with E-state index in [0.717, 1.165) is 65.1 Å². The number of carbonyl (C=O) groups is 1. The number of fused-ring (bicyclic) bond motifs is 3. The summed E-state index contributed by atoms with van der Waals surface area (Å²) >= 11 is 6.51. The molecule has 0 radical (unpaired) electrons. The number of hydrogen-bond donors (Lipinski definition) is 2. The Morgan fingerprint density at radius 1 is 1.25 bits per heavy atom. The number of methoxy groups -OCH3 is 1. The Morgan fingerprint density at radius 3 is 2.81 bits per heavy atom. The van der Waals surface area contributed by atoms with Crippen molar-refractivity contribution in [2.75, 3.05) is 13.7 Å². The van der Waals surface area contributed by atoms with Crippen LogP contribution in [0.1, 0.15) is 67.1 Å². The topological polar surface area (TPSA) is 87.8 Å². The van der Waals surface area contributed by atoms with Gasteiger partial charge in [-0.25, -0.2) is 4.98 Å². The molecule has 4 atom stereocenters. The lowest BCUT2D eigenvalue weighted by atomic mass is 9.81. The van der Waals surface area contributed by atoms with E-state index < -0.39 is 12.4 Å². The maximum atomic E-state index is 11.8. The summed E-state index contributed by atoms with van der Waals surface area (Å²) in [6.45, 7) is 3.46. The zero-order chi connectivity index (χ0) is 25.4. The number of aromatic nitrogens is 2. The summed E-state index contributed by atoms with van der Waals surface area (Å²) in [7, 11) is 1.51. The number of carboxylic acid groups (broad SMARTS) is 1. The summed E-state index contributed by atoms with van der Waals surface area (Å²) in [6, 6.07) is 12.3. The quantitative estimate of drug-likeness (QED) is 0.427. The molecule has 36 heavy (non-hydrogen) atoms. The first-order valence-corrected chi connectivity index (χ1v) is 13.2. The molecule has 2 aliphatic rings. The van der Waals surface area contributed by atoms with Crippen LogP contribution in [0, 0.1) is 5.92 Å². The van der Waals surface area contributed by atoms with Crippen LogP contribution < -0.4 is 0 Å². The molecule has 1 saturated carbocycles. The molecule has 5 rings (SSSR count). The zero-order valence-electron chi connectivity index (χ0n) is 20.9. The van der Waals surface area contributed by atoms with Gasteiger partial charge in [-0.15, -0.1) is 0 Å². The third-order valence-corrected chi connectivity index (χ3v) is 8.32. The average molecular weight is 512 g/mol. The summed E-state index contributed by atoms with van der Waals surface area (Å²) < 4.78 is 7.50. The Bertz CT molecular complexity index is 1260. The molecule has 1 aliphatic heterocycles. The summed E-state index contributed by atoms with van der Waals surface area (Å²) in [4.78, 5) is 19.0. The van der Waals surface area contributed by atoms with Gasteiger partial charge in [0.25, 0.3) is 0 Å². The van der Waals surface area contributed by atoms with Gasteiger partial charge in [0.05, 0.1) is 17.0 Å². The average Bonchev–Trinajstić information content (AvgIpc) is 3.29. The van der Waals surface area contributed by atoms with E-state index in [4.69, 9.17) is 21.3 Å². The van der Waals surface area contributed by atoms with Gasteiger partial charge >= 0.3 is 5.97 Å². The first-order valence-electron chi connectivity index (χ1n) is 12.8. The highest BCUT2D eigenvalue weighted by Gasteiger charge is 2.33. The molecule has 1 aromatic heterocycles. The van der Waals surface area contributed by atoms with Gasteiger partial charge in [-0.3, -0.25) is 9.69 Å². The number of carboxylic acids is 1. The lowest BCUT2D eigenvalue weighted by molar-refractivity contribution is -0.181. The number of aliphatic carboxylic acids is 1. The van der Waals surface area contributed by atoms with Crippen molar-refractivity contribution in [3.05, 3.63) is 63.9 Å². The number of rotatable bonds is 7. The van der Waals surface area contributed by atoms with Gasteiger partial charge in [-0.1, -0.05) is 42.3 Å². The van der Waals surface area contributed by atoms with Crippen molar-refractivity contribution < 1.29 is 19.7 Å². The standard InChI is InChI=1S/C28H34ClN3O4/c1-17(14-19-6-3-4-9-23(19)29)32-24-11-10-18-12-13-31(28(35)36-2)16-22(18)25(24)30-26(32)20-7-5-8-21(15-20)27(33)34/h3-4,6,9-11,17,20-21,28,35H,5,7-8,12-16H2,1-2H3,(H,33,34)/t17-,20-,21-,28?/m1/s1. The molecule has 0 spiro atoms. The van der Waals surface area contributed by atoms with E-state index in [1.165, 1.54) is 12.7 Å². The molecule has 7 nitrogen and oxygen atoms in total. The Morgan fingerprint density at radius 2 is 2.06 bits per heavy atom. The Hall–Kier alpha value is -2.45. The monoisotopic (exact) mass is 511 g/mol. The number of imidazole rings is 1. The van der Waals surface area contributed by atoms with E-state index in [9.17, 15) is 15.0 Å². The molecule has 8 heteroatoms. The van der Waals surface area contributed by atoms with E-state index in [2.05, 4.69) is 29.7 Å². The predicted molar refractivity (Wildman–Crippen MR) is 139 cm³/mol. The van der Waals surface area contributed by atoms with Crippen LogP contribution in [0.2, 0.25) is 5.02 Å². The van der Waals surface area contributed by atoms with Crippen LogP contribution in [0.5, 0.6) is 0 Å². The van der Waals surface area contributed by atoms with E-state index in [0.29, 0.717) is 19.5 Å². The van der Waals surface area contributed by atoms with Crippen LogP contribution >= 0.6 is 11.6 Å². The zero-order valence-corrected chi connectivity index (χ0v) is 21.6. The minimum absolute atomic E-state index is 0.0809. The molecule has 3 aromatic rings. The molecule has 2 aromatic carbocycles. The second-order valence-electron chi connectivity index (χ2n) is 10.2. The lowest BCUT2D eigenvalue weighted by Gasteiger charge is -2.31. The van der Waals surface area contributed by atoms with Gasteiger partial charge in [-0.2, -0.15) is 0 Å². The molecule has 1 unspecified atom stereocenters. The number of nitrogens with zero attached hydrogens (tertiary/aromatic N) is 3. The highest BCUT2D eigenvalue weighted by Crippen LogP contribution is 2.40. The van der Waals surface area contributed by atoms with Gasteiger partial charge in [0.15, 0.2) is 0 Å². The van der Waals surface area contributed by atoms with E-state index in [-0.39, 0.29) is 17.9 Å². The van der Waals surface area contributed by atoms with Crippen LogP contribution in [0.15, 0.2) is 36.4 Å². The maximum Gasteiger partial charge on any atom is 0.306 e. The van der Waals surface area contributed by atoms with Crippen molar-refractivity contribution in [3.63, 3.8) is 0 Å². The SMILES string of the molecule is COC(O)N1CCc2ccc3c(nc([C@@H]4CCC[C@@H](C(=O)O)C4)n3[C@H](C)Cc3ccccc3Cl)c2C1. The first kappa shape index (κ1) is 25.2. The first-order chi connectivity index (χ1) is 17.4. The molecule has 0 amide bonds.